The molecule has 2 N–H and O–H groups in total. The Bertz CT molecular complexity index is 431. The van der Waals surface area contributed by atoms with Crippen LogP contribution in [0.5, 0.6) is 0 Å². The minimum atomic E-state index is -5.62. The lowest BCUT2D eigenvalue weighted by Gasteiger charge is -2.18. The molecule has 0 bridgehead atoms. The molecule has 15 heavy (non-hydrogen) atoms. The lowest BCUT2D eigenvalue weighted by molar-refractivity contribution is 0.0556. The Morgan fingerprint density at radius 2 is 1.87 bits per heavy atom. The van der Waals surface area contributed by atoms with Crippen molar-refractivity contribution >= 4 is 23.5 Å². The molecule has 0 aliphatic heterocycles. The Morgan fingerprint density at radius 3 is 2.27 bits per heavy atom. The topological polar surface area (TPSA) is 57.5 Å². The summed E-state index contributed by atoms with van der Waals surface area (Å²) in [5, 5.41) is 0. The van der Waals surface area contributed by atoms with Gasteiger partial charge in [0, 0.05) is 10.0 Å². The van der Waals surface area contributed by atoms with Crippen LogP contribution in [-0.2, 0) is 10.2 Å². The van der Waals surface area contributed by atoms with Gasteiger partial charge in [-0.2, -0.15) is 8.78 Å². The van der Waals surface area contributed by atoms with Crippen LogP contribution < -0.4 is 0 Å². The van der Waals surface area contributed by atoms with Crippen molar-refractivity contribution in [3.63, 3.8) is 0 Å². The number of hydrogen-bond donors (Lipinski definition) is 2. The molecule has 0 aliphatic carbocycles. The van der Waals surface area contributed by atoms with E-state index in [-0.39, 0.29) is 0 Å². The van der Waals surface area contributed by atoms with E-state index in [1.165, 1.54) is 0 Å². The van der Waals surface area contributed by atoms with Gasteiger partial charge in [0.15, 0.2) is 0 Å². The minimum absolute atomic E-state index is 0.393. The highest BCUT2D eigenvalue weighted by atomic mass is 79.9. The van der Waals surface area contributed by atoms with Gasteiger partial charge in [0.25, 0.3) is 0 Å². The lowest BCUT2D eigenvalue weighted by atomic mass is 10.2. The Morgan fingerprint density at radius 1 is 1.33 bits per heavy atom. The highest BCUT2D eigenvalue weighted by Crippen LogP contribution is 2.60. The second-order valence-electron chi connectivity index (χ2n) is 2.71. The first-order valence-corrected chi connectivity index (χ1v) is 5.96. The van der Waals surface area contributed by atoms with E-state index in [0.717, 1.165) is 0 Å². The first kappa shape index (κ1) is 12.7. The average molecular weight is 305 g/mol. The summed E-state index contributed by atoms with van der Waals surface area (Å²) < 4.78 is 49.0. The molecule has 1 aromatic rings. The first-order valence-electron chi connectivity index (χ1n) is 3.55. The molecule has 0 heterocycles. The van der Waals surface area contributed by atoms with Crippen LogP contribution in [0, 0.1) is 5.82 Å². The van der Waals surface area contributed by atoms with E-state index < -0.39 is 29.1 Å². The van der Waals surface area contributed by atoms with Crippen molar-refractivity contribution in [2.24, 2.45) is 0 Å². The zero-order valence-corrected chi connectivity index (χ0v) is 9.47. The normalized spacial score (nSPS) is 12.9. The second-order valence-corrected chi connectivity index (χ2v) is 5.21. The Labute approximate surface area is 91.2 Å². The van der Waals surface area contributed by atoms with Crippen LogP contribution in [0.1, 0.15) is 5.56 Å². The predicted octanol–water partition coefficient (Wildman–Crippen LogP) is 2.82. The predicted molar refractivity (Wildman–Crippen MR) is 50.0 cm³/mol. The summed E-state index contributed by atoms with van der Waals surface area (Å²) in [6.07, 6.45) is 0. The molecule has 0 spiro atoms. The molecule has 3 nitrogen and oxygen atoms in total. The van der Waals surface area contributed by atoms with Crippen LogP contribution in [0.15, 0.2) is 22.7 Å². The van der Waals surface area contributed by atoms with E-state index in [9.17, 15) is 17.7 Å². The Balaban J connectivity index is 3.34. The summed E-state index contributed by atoms with van der Waals surface area (Å²) in [5.41, 5.74) is -5.28. The molecular weight excluding hydrogens is 300 g/mol. The van der Waals surface area contributed by atoms with E-state index >= 15 is 0 Å². The SMILES string of the molecule is O=P(O)(O)C(F)(F)c1ccc(F)cc1Br. The van der Waals surface area contributed by atoms with Gasteiger partial charge in [-0.25, -0.2) is 4.39 Å². The van der Waals surface area contributed by atoms with Gasteiger partial charge in [-0.05, 0) is 18.2 Å². The van der Waals surface area contributed by atoms with Gasteiger partial charge in [0.1, 0.15) is 5.82 Å². The van der Waals surface area contributed by atoms with Crippen LogP contribution in [0.3, 0.4) is 0 Å². The Hall–Kier alpha value is -0.360. The minimum Gasteiger partial charge on any atom is -0.320 e. The van der Waals surface area contributed by atoms with Gasteiger partial charge in [-0.15, -0.1) is 0 Å². The fraction of sp³-hybridized carbons (Fsp3) is 0.143. The summed E-state index contributed by atoms with van der Waals surface area (Å²) in [7, 11) is -5.62. The third kappa shape index (κ3) is 2.42. The molecule has 0 aromatic heterocycles. The number of hydrogen-bond acceptors (Lipinski definition) is 1. The fourth-order valence-corrected chi connectivity index (χ4v) is 2.15. The molecule has 1 aromatic carbocycles. The number of alkyl halides is 2. The van der Waals surface area contributed by atoms with Gasteiger partial charge in [0.2, 0.25) is 0 Å². The van der Waals surface area contributed by atoms with Gasteiger partial charge < -0.3 is 9.79 Å². The summed E-state index contributed by atoms with van der Waals surface area (Å²) in [5.74, 6) is -0.785. The van der Waals surface area contributed by atoms with E-state index in [2.05, 4.69) is 15.9 Å². The highest BCUT2D eigenvalue weighted by Gasteiger charge is 2.51. The zero-order chi connectivity index (χ0) is 11.9. The first-order chi connectivity index (χ1) is 6.66. The van der Waals surface area contributed by atoms with E-state index in [0.29, 0.717) is 18.2 Å². The quantitative estimate of drug-likeness (QED) is 0.826. The maximum absolute atomic E-state index is 13.1. The third-order valence-electron chi connectivity index (χ3n) is 1.62. The fourth-order valence-electron chi connectivity index (χ4n) is 0.890. The average Bonchev–Trinajstić information content (AvgIpc) is 2.00. The van der Waals surface area contributed by atoms with Gasteiger partial charge in [0.05, 0.1) is 0 Å². The smallest absolute Gasteiger partial charge is 0.320 e. The van der Waals surface area contributed by atoms with Crippen LogP contribution in [0.25, 0.3) is 0 Å². The number of halogens is 4. The summed E-state index contributed by atoms with van der Waals surface area (Å²) in [6.45, 7) is 0. The van der Waals surface area contributed by atoms with Crippen LogP contribution in [-0.4, -0.2) is 9.79 Å². The molecule has 0 saturated carbocycles. The highest BCUT2D eigenvalue weighted by molar-refractivity contribution is 9.10. The summed E-state index contributed by atoms with van der Waals surface area (Å²) in [4.78, 5) is 16.9. The van der Waals surface area contributed by atoms with Crippen molar-refractivity contribution in [3.8, 4) is 0 Å². The monoisotopic (exact) mass is 304 g/mol. The van der Waals surface area contributed by atoms with Crippen molar-refractivity contribution in [1.82, 2.24) is 0 Å². The van der Waals surface area contributed by atoms with E-state index in [4.69, 9.17) is 9.79 Å². The lowest BCUT2D eigenvalue weighted by Crippen LogP contribution is -2.14. The van der Waals surface area contributed by atoms with Crippen molar-refractivity contribution in [2.75, 3.05) is 0 Å². The molecule has 8 heteroatoms. The third-order valence-corrected chi connectivity index (χ3v) is 3.25. The van der Waals surface area contributed by atoms with Crippen molar-refractivity contribution in [1.29, 1.82) is 0 Å². The zero-order valence-electron chi connectivity index (χ0n) is 6.99. The van der Waals surface area contributed by atoms with Gasteiger partial charge in [-0.3, -0.25) is 4.57 Å². The maximum atomic E-state index is 13.1. The molecule has 84 valence electrons. The number of rotatable bonds is 2. The van der Waals surface area contributed by atoms with Crippen molar-refractivity contribution in [2.45, 2.75) is 5.66 Å². The molecule has 0 unspecified atom stereocenters. The second kappa shape index (κ2) is 3.90. The van der Waals surface area contributed by atoms with Crippen LogP contribution in [0.2, 0.25) is 0 Å². The molecule has 0 saturated heterocycles. The van der Waals surface area contributed by atoms with Crippen LogP contribution in [0.4, 0.5) is 13.2 Å². The van der Waals surface area contributed by atoms with E-state index in [1.807, 2.05) is 0 Å². The summed E-state index contributed by atoms with van der Waals surface area (Å²) >= 11 is 2.61. The standard InChI is InChI=1S/C7H5BrF3O3P/c8-6-3-4(9)1-2-5(6)7(10,11)15(12,13)14/h1-3H,(H2,12,13,14). The largest absolute Gasteiger partial charge is 0.399 e. The Kier molecular flexibility index (Phi) is 3.30. The number of benzene rings is 1. The molecule has 0 atom stereocenters. The maximum Gasteiger partial charge on any atom is 0.399 e. The van der Waals surface area contributed by atoms with E-state index in [1.54, 1.807) is 0 Å². The molecule has 0 radical (unpaired) electrons. The van der Waals surface area contributed by atoms with Crippen LogP contribution >= 0.6 is 23.5 Å². The molecule has 0 fully saturated rings. The van der Waals surface area contributed by atoms with Gasteiger partial charge in [-0.1, -0.05) is 15.9 Å². The van der Waals surface area contributed by atoms with Crippen molar-refractivity contribution < 1.29 is 27.5 Å². The molecule has 0 amide bonds. The molecular formula is C7H5BrF3O3P. The molecule has 0 aliphatic rings. The van der Waals surface area contributed by atoms with Gasteiger partial charge >= 0.3 is 13.3 Å². The molecule has 1 rings (SSSR count). The van der Waals surface area contributed by atoms with Crippen molar-refractivity contribution in [3.05, 3.63) is 34.1 Å². The summed E-state index contributed by atoms with van der Waals surface area (Å²) in [6, 6.07) is 2.03.